The molecule has 2 fully saturated rings. The van der Waals surface area contributed by atoms with Gasteiger partial charge in [-0.2, -0.15) is 0 Å². The van der Waals surface area contributed by atoms with Crippen LogP contribution in [-0.2, 0) is 11.2 Å². The topological polar surface area (TPSA) is 17.1 Å². The van der Waals surface area contributed by atoms with Gasteiger partial charge < -0.3 is 0 Å². The van der Waals surface area contributed by atoms with Gasteiger partial charge in [-0.15, -0.1) is 0 Å². The van der Waals surface area contributed by atoms with Crippen molar-refractivity contribution in [1.29, 1.82) is 0 Å². The molecule has 0 bridgehead atoms. The first-order valence-electron chi connectivity index (χ1n) is 12.0. The summed E-state index contributed by atoms with van der Waals surface area (Å²) in [4.78, 5) is 13.6. The number of benzene rings is 2. The fourth-order valence-corrected chi connectivity index (χ4v) is 6.87. The van der Waals surface area contributed by atoms with Gasteiger partial charge in [-0.1, -0.05) is 79.3 Å². The molecule has 1 saturated heterocycles. The molecule has 4 rings (SSSR count). The molecule has 3 heteroatoms. The van der Waals surface area contributed by atoms with Gasteiger partial charge in [-0.25, -0.2) is 0 Å². The van der Waals surface area contributed by atoms with E-state index < -0.39 is 0 Å². The van der Waals surface area contributed by atoms with Gasteiger partial charge in [0.05, 0.1) is 9.10 Å². The Bertz CT molecular complexity index is 1050. The molecule has 2 aromatic carbocycles. The van der Waals surface area contributed by atoms with Crippen molar-refractivity contribution in [3.63, 3.8) is 0 Å². The monoisotopic (exact) mass is 462 g/mol. The van der Waals surface area contributed by atoms with Crippen LogP contribution in [0.3, 0.4) is 0 Å². The lowest BCUT2D eigenvalue weighted by molar-refractivity contribution is -0.115. The fourth-order valence-electron chi connectivity index (χ4n) is 5.33. The molecule has 2 aliphatic rings. The molecule has 1 heterocycles. The lowest BCUT2D eigenvalue weighted by Crippen LogP contribution is -2.21. The van der Waals surface area contributed by atoms with Crippen LogP contribution in [-0.4, -0.2) is 9.98 Å². The van der Waals surface area contributed by atoms with Crippen molar-refractivity contribution >= 4 is 40.0 Å². The zero-order chi connectivity index (χ0) is 22.8. The number of allylic oxidation sites excluding steroid dienone is 1. The maximum atomic E-state index is 12.7. The molecule has 0 N–H and O–H groups in total. The van der Waals surface area contributed by atoms with E-state index in [2.05, 4.69) is 70.2 Å². The van der Waals surface area contributed by atoms with Gasteiger partial charge in [-0.3, -0.25) is 4.79 Å². The van der Waals surface area contributed by atoms with Crippen LogP contribution in [0.4, 0.5) is 0 Å². The van der Waals surface area contributed by atoms with E-state index in [1.54, 1.807) is 0 Å². The normalized spacial score (nSPS) is 25.0. The minimum absolute atomic E-state index is 0.244. The maximum absolute atomic E-state index is 12.7. The number of hydrogen-bond acceptors (Lipinski definition) is 3. The summed E-state index contributed by atoms with van der Waals surface area (Å²) < 4.78 is 0.969. The van der Waals surface area contributed by atoms with E-state index in [4.69, 9.17) is 12.2 Å². The number of aryl methyl sites for hydroxylation is 2. The molecule has 1 nitrogen and oxygen atoms in total. The minimum atomic E-state index is 0.244. The Kier molecular flexibility index (Phi) is 7.37. The van der Waals surface area contributed by atoms with E-state index in [0.717, 1.165) is 27.5 Å². The molecule has 0 amide bonds. The molecule has 1 aliphatic carbocycles. The first-order valence-corrected chi connectivity index (χ1v) is 13.2. The molecule has 1 saturated carbocycles. The third kappa shape index (κ3) is 5.10. The van der Waals surface area contributed by atoms with Crippen LogP contribution in [0.1, 0.15) is 78.3 Å². The van der Waals surface area contributed by atoms with Gasteiger partial charge in [0, 0.05) is 12.3 Å². The molecule has 1 aliphatic heterocycles. The van der Waals surface area contributed by atoms with Gasteiger partial charge in [0.15, 0.2) is 5.78 Å². The van der Waals surface area contributed by atoms with Crippen LogP contribution >= 0.6 is 24.0 Å². The average molecular weight is 463 g/mol. The zero-order valence-corrected chi connectivity index (χ0v) is 21.4. The number of rotatable bonds is 5. The number of Topliss-reactive ketones (excluding diaryl/α,β-unsaturated/α-hetero) is 1. The van der Waals surface area contributed by atoms with Crippen LogP contribution < -0.4 is 0 Å². The van der Waals surface area contributed by atoms with Gasteiger partial charge in [0.2, 0.25) is 0 Å². The molecule has 168 valence electrons. The van der Waals surface area contributed by atoms with Crippen LogP contribution in [0, 0.1) is 32.6 Å². The fraction of sp³-hybridized carbons (Fsp3) is 0.448. The van der Waals surface area contributed by atoms with Gasteiger partial charge in [-0.05, 0) is 92.2 Å². The smallest absolute Gasteiger partial charge is 0.170 e. The molecule has 0 aromatic heterocycles. The number of thiocarbonyl (C=S) groups is 1. The summed E-state index contributed by atoms with van der Waals surface area (Å²) in [7, 11) is 0. The number of carbonyl (C=O) groups excluding carboxylic acids is 1. The quantitative estimate of drug-likeness (QED) is 0.330. The highest BCUT2D eigenvalue weighted by Gasteiger charge is 2.31. The first-order chi connectivity index (χ1) is 15.4. The standard InChI is InChI=1S/C29H34OS2/c1-5-23-17-27(30)28(32-29(23)31)16-22-13-19(3)20(4)26(15-22)25-8-6-7-24(25)14-21-11-9-18(2)10-12-21/h9-13,15-16,23-25H,5-8,14,17H2,1-4H3. The predicted octanol–water partition coefficient (Wildman–Crippen LogP) is 8.14. The molecule has 3 atom stereocenters. The molecular weight excluding hydrogens is 428 g/mol. The average Bonchev–Trinajstić information content (AvgIpc) is 3.22. The second kappa shape index (κ2) is 10.1. The highest BCUT2D eigenvalue weighted by molar-refractivity contribution is 8.26. The van der Waals surface area contributed by atoms with Gasteiger partial charge in [0.25, 0.3) is 0 Å². The Balaban J connectivity index is 1.61. The molecule has 0 spiro atoms. The molecular formula is C29H34OS2. The summed E-state index contributed by atoms with van der Waals surface area (Å²) in [6.07, 6.45) is 8.60. The summed E-state index contributed by atoms with van der Waals surface area (Å²) in [5, 5.41) is 0. The predicted molar refractivity (Wildman–Crippen MR) is 142 cm³/mol. The number of thioether (sulfide) groups is 1. The largest absolute Gasteiger partial charge is 0.294 e. The summed E-state index contributed by atoms with van der Waals surface area (Å²) in [5.74, 6) is 1.76. The Morgan fingerprint density at radius 1 is 1.09 bits per heavy atom. The number of hydrogen-bond donors (Lipinski definition) is 0. The SMILES string of the molecule is CCC1CC(=O)C(=Cc2cc(C)c(C)c(C3CCCC3Cc3ccc(C)cc3)c2)SC1=S. The third-order valence-corrected chi connectivity index (χ3v) is 9.13. The second-order valence-corrected chi connectivity index (χ2v) is 11.5. The first kappa shape index (κ1) is 23.4. The van der Waals surface area contributed by atoms with E-state index in [-0.39, 0.29) is 11.7 Å². The van der Waals surface area contributed by atoms with Crippen molar-refractivity contribution < 1.29 is 4.79 Å². The van der Waals surface area contributed by atoms with Gasteiger partial charge >= 0.3 is 0 Å². The van der Waals surface area contributed by atoms with Crippen LogP contribution in [0.5, 0.6) is 0 Å². The highest BCUT2D eigenvalue weighted by Crippen LogP contribution is 2.44. The minimum Gasteiger partial charge on any atom is -0.294 e. The Morgan fingerprint density at radius 3 is 2.56 bits per heavy atom. The van der Waals surface area contributed by atoms with Crippen molar-refractivity contribution in [1.82, 2.24) is 0 Å². The maximum Gasteiger partial charge on any atom is 0.170 e. The summed E-state index contributed by atoms with van der Waals surface area (Å²) in [5.41, 5.74) is 8.13. The van der Waals surface area contributed by atoms with E-state index in [0.29, 0.717) is 18.3 Å². The van der Waals surface area contributed by atoms with Crippen molar-refractivity contribution in [3.8, 4) is 0 Å². The summed E-state index contributed by atoms with van der Waals surface area (Å²) in [6.45, 7) is 8.74. The molecule has 0 radical (unpaired) electrons. The number of ketones is 1. The number of carbonyl (C=O) groups is 1. The molecule has 32 heavy (non-hydrogen) atoms. The van der Waals surface area contributed by atoms with Gasteiger partial charge in [0.1, 0.15) is 0 Å². The van der Waals surface area contributed by atoms with Crippen molar-refractivity contribution in [2.75, 3.05) is 0 Å². The molecule has 2 aromatic rings. The van der Waals surface area contributed by atoms with Crippen molar-refractivity contribution in [2.24, 2.45) is 11.8 Å². The van der Waals surface area contributed by atoms with Crippen molar-refractivity contribution in [2.45, 2.75) is 72.1 Å². The van der Waals surface area contributed by atoms with E-state index in [1.165, 1.54) is 58.8 Å². The van der Waals surface area contributed by atoms with Crippen LogP contribution in [0.15, 0.2) is 41.3 Å². The zero-order valence-electron chi connectivity index (χ0n) is 19.7. The van der Waals surface area contributed by atoms with Crippen LogP contribution in [0.25, 0.3) is 6.08 Å². The van der Waals surface area contributed by atoms with E-state index >= 15 is 0 Å². The summed E-state index contributed by atoms with van der Waals surface area (Å²) >= 11 is 7.10. The lowest BCUT2D eigenvalue weighted by atomic mass is 9.81. The third-order valence-electron chi connectivity index (χ3n) is 7.45. The van der Waals surface area contributed by atoms with Crippen molar-refractivity contribution in [3.05, 3.63) is 74.7 Å². The Morgan fingerprint density at radius 2 is 1.84 bits per heavy atom. The Hall–Kier alpha value is -1.71. The van der Waals surface area contributed by atoms with E-state index in [9.17, 15) is 4.79 Å². The summed E-state index contributed by atoms with van der Waals surface area (Å²) in [6, 6.07) is 13.6. The molecule has 3 unspecified atom stereocenters. The highest BCUT2D eigenvalue weighted by atomic mass is 32.2. The second-order valence-electron chi connectivity index (χ2n) is 9.70. The van der Waals surface area contributed by atoms with E-state index in [1.807, 2.05) is 0 Å². The van der Waals surface area contributed by atoms with Crippen LogP contribution in [0.2, 0.25) is 0 Å². The Labute approximate surface area is 203 Å². The lowest BCUT2D eigenvalue weighted by Gasteiger charge is -2.24.